The number of hydrogen-bond acceptors (Lipinski definition) is 3. The average Bonchev–Trinajstić information content (AvgIpc) is 3.24. The summed E-state index contributed by atoms with van der Waals surface area (Å²) in [6, 6.07) is 23.0. The number of nitrogens with one attached hydrogen (secondary N) is 3. The monoisotopic (exact) mass is 497 g/mol. The largest absolute Gasteiger partial charge is 0.446 e. The van der Waals surface area contributed by atoms with E-state index in [0.717, 1.165) is 22.0 Å². The van der Waals surface area contributed by atoms with Crippen LogP contribution in [0.25, 0.3) is 10.9 Å². The van der Waals surface area contributed by atoms with Crippen molar-refractivity contribution in [3.05, 3.63) is 102 Å². The third-order valence-electron chi connectivity index (χ3n) is 5.76. The van der Waals surface area contributed by atoms with E-state index in [0.29, 0.717) is 12.0 Å². The smallest absolute Gasteiger partial charge is 0.361 e. The molecule has 1 aromatic heterocycles. The second-order valence-electron chi connectivity index (χ2n) is 8.33. The van der Waals surface area contributed by atoms with Crippen LogP contribution in [0.2, 0.25) is 0 Å². The Labute approximate surface area is 206 Å². The van der Waals surface area contributed by atoms with Crippen molar-refractivity contribution in [1.29, 1.82) is 0 Å². The lowest BCUT2D eigenvalue weighted by atomic mass is 10.0. The minimum absolute atomic E-state index is 0.118. The highest BCUT2D eigenvalue weighted by atomic mass is 32.2. The Balaban J connectivity index is 1.52. The molecule has 0 fully saturated rings. The van der Waals surface area contributed by atoms with Gasteiger partial charge in [-0.05, 0) is 60.0 Å². The molecule has 0 aliphatic heterocycles. The Hall–Kier alpha value is -3.23. The first-order valence-electron chi connectivity index (χ1n) is 11.3. The second-order valence-corrected chi connectivity index (χ2v) is 9.47. The van der Waals surface area contributed by atoms with Crippen LogP contribution in [0.5, 0.6) is 0 Å². The number of aromatic amines is 1. The fraction of sp³-hybridized carbons (Fsp3) is 0.222. The van der Waals surface area contributed by atoms with E-state index in [2.05, 4.69) is 15.6 Å². The Morgan fingerprint density at radius 2 is 1.74 bits per heavy atom. The van der Waals surface area contributed by atoms with Crippen LogP contribution in [0.1, 0.15) is 29.7 Å². The minimum Gasteiger partial charge on any atom is -0.361 e. The van der Waals surface area contributed by atoms with E-state index < -0.39 is 11.6 Å². The van der Waals surface area contributed by atoms with Gasteiger partial charge in [-0.1, -0.05) is 60.7 Å². The van der Waals surface area contributed by atoms with E-state index in [9.17, 15) is 18.0 Å². The molecule has 0 saturated carbocycles. The molecule has 35 heavy (non-hydrogen) atoms. The standard InChI is InChI=1S/C27H26F3N3OS/c1-18(20-9-3-2-4-10-20)33-26(34)25(15-21-17-32-24-13-6-5-12-23(21)24)31-16-19-8-7-11-22(14-19)35-27(28,29)30/h2-14,17-18,25,31-32H,15-16H2,1H3,(H,33,34)/t18-,25+/m0/s1. The first-order chi connectivity index (χ1) is 16.8. The zero-order valence-electron chi connectivity index (χ0n) is 19.1. The van der Waals surface area contributed by atoms with E-state index in [1.54, 1.807) is 12.1 Å². The number of carbonyl (C=O) groups is 1. The molecular weight excluding hydrogens is 471 g/mol. The molecule has 4 nitrogen and oxygen atoms in total. The molecule has 0 aliphatic rings. The maximum Gasteiger partial charge on any atom is 0.446 e. The molecule has 3 aromatic carbocycles. The fourth-order valence-electron chi connectivity index (χ4n) is 4.01. The summed E-state index contributed by atoms with van der Waals surface area (Å²) in [6.07, 6.45) is 2.32. The van der Waals surface area contributed by atoms with Crippen LogP contribution in [-0.4, -0.2) is 22.4 Å². The summed E-state index contributed by atoms with van der Waals surface area (Å²) in [4.78, 5) is 16.7. The fourth-order valence-corrected chi connectivity index (χ4v) is 4.63. The molecule has 0 unspecified atom stereocenters. The van der Waals surface area contributed by atoms with Gasteiger partial charge in [-0.2, -0.15) is 13.2 Å². The van der Waals surface area contributed by atoms with E-state index in [1.165, 1.54) is 12.1 Å². The Morgan fingerprint density at radius 1 is 1.00 bits per heavy atom. The topological polar surface area (TPSA) is 56.9 Å². The number of halogens is 3. The molecule has 0 spiro atoms. The van der Waals surface area contributed by atoms with Crippen LogP contribution in [0.3, 0.4) is 0 Å². The molecule has 0 saturated heterocycles. The normalized spacial score (nSPS) is 13.5. The van der Waals surface area contributed by atoms with Crippen molar-refractivity contribution in [3.63, 3.8) is 0 Å². The van der Waals surface area contributed by atoms with Gasteiger partial charge in [0, 0.05) is 28.5 Å². The molecule has 0 bridgehead atoms. The van der Waals surface area contributed by atoms with Crippen molar-refractivity contribution in [1.82, 2.24) is 15.6 Å². The molecule has 1 heterocycles. The predicted molar refractivity (Wildman–Crippen MR) is 134 cm³/mol. The minimum atomic E-state index is -4.35. The maximum absolute atomic E-state index is 13.3. The summed E-state index contributed by atoms with van der Waals surface area (Å²) in [5.41, 5.74) is -0.717. The number of hydrogen-bond donors (Lipinski definition) is 3. The number of amides is 1. The Bertz CT molecular complexity index is 1270. The lowest BCUT2D eigenvalue weighted by molar-refractivity contribution is -0.123. The van der Waals surface area contributed by atoms with Crippen molar-refractivity contribution in [2.24, 2.45) is 0 Å². The number of thioether (sulfide) groups is 1. The average molecular weight is 498 g/mol. The summed E-state index contributed by atoms with van der Waals surface area (Å²) >= 11 is -0.145. The number of H-pyrrole nitrogens is 1. The molecule has 0 radical (unpaired) electrons. The number of alkyl halides is 3. The third-order valence-corrected chi connectivity index (χ3v) is 6.48. The summed E-state index contributed by atoms with van der Waals surface area (Å²) in [5.74, 6) is -0.174. The van der Waals surface area contributed by atoms with Crippen molar-refractivity contribution in [2.45, 2.75) is 42.4 Å². The van der Waals surface area contributed by atoms with Gasteiger partial charge in [-0.15, -0.1) is 0 Å². The number of para-hydroxylation sites is 1. The van der Waals surface area contributed by atoms with Crippen molar-refractivity contribution < 1.29 is 18.0 Å². The lowest BCUT2D eigenvalue weighted by Gasteiger charge is -2.22. The third kappa shape index (κ3) is 6.90. The molecule has 0 aliphatic carbocycles. The highest BCUT2D eigenvalue weighted by Gasteiger charge is 2.29. The first kappa shape index (κ1) is 24.9. The van der Waals surface area contributed by atoms with Gasteiger partial charge in [0.05, 0.1) is 12.1 Å². The molecule has 2 atom stereocenters. The molecule has 3 N–H and O–H groups in total. The molecule has 4 rings (SSSR count). The number of carbonyl (C=O) groups excluding carboxylic acids is 1. The molecule has 4 aromatic rings. The quantitative estimate of drug-likeness (QED) is 0.236. The van der Waals surface area contributed by atoms with E-state index >= 15 is 0 Å². The van der Waals surface area contributed by atoms with Crippen LogP contribution in [0, 0.1) is 0 Å². The van der Waals surface area contributed by atoms with Crippen molar-refractivity contribution >= 4 is 28.6 Å². The number of aromatic nitrogens is 1. The summed E-state index contributed by atoms with van der Waals surface area (Å²) in [6.45, 7) is 2.18. The molecule has 1 amide bonds. The predicted octanol–water partition coefficient (Wildman–Crippen LogP) is 6.36. The van der Waals surface area contributed by atoms with E-state index in [-0.39, 0.29) is 35.2 Å². The van der Waals surface area contributed by atoms with Gasteiger partial charge >= 0.3 is 5.51 Å². The van der Waals surface area contributed by atoms with Gasteiger partial charge in [-0.3, -0.25) is 4.79 Å². The van der Waals surface area contributed by atoms with Crippen molar-refractivity contribution in [3.8, 4) is 0 Å². The van der Waals surface area contributed by atoms with Gasteiger partial charge in [0.2, 0.25) is 5.91 Å². The summed E-state index contributed by atoms with van der Waals surface area (Å²) in [5, 5.41) is 7.37. The second kappa shape index (κ2) is 11.0. The van der Waals surface area contributed by atoms with Crippen LogP contribution in [0.15, 0.2) is 90.0 Å². The van der Waals surface area contributed by atoms with Gasteiger partial charge in [-0.25, -0.2) is 0 Å². The molecule has 182 valence electrons. The highest BCUT2D eigenvalue weighted by molar-refractivity contribution is 8.00. The van der Waals surface area contributed by atoms with Gasteiger partial charge < -0.3 is 15.6 Å². The van der Waals surface area contributed by atoms with Crippen LogP contribution in [0.4, 0.5) is 13.2 Å². The Kier molecular flexibility index (Phi) is 7.83. The Morgan fingerprint density at radius 3 is 2.51 bits per heavy atom. The maximum atomic E-state index is 13.3. The van der Waals surface area contributed by atoms with Crippen LogP contribution in [-0.2, 0) is 17.8 Å². The summed E-state index contributed by atoms with van der Waals surface area (Å²) in [7, 11) is 0. The number of rotatable bonds is 9. The van der Waals surface area contributed by atoms with E-state index in [4.69, 9.17) is 0 Å². The summed E-state index contributed by atoms with van der Waals surface area (Å²) < 4.78 is 38.4. The SMILES string of the molecule is C[C@H](NC(=O)[C@@H](Cc1c[nH]c2ccccc12)NCc1cccc(SC(F)(F)F)c1)c1ccccc1. The van der Waals surface area contributed by atoms with Gasteiger partial charge in [0.25, 0.3) is 0 Å². The molecular formula is C27H26F3N3OS. The number of fused-ring (bicyclic) bond motifs is 1. The van der Waals surface area contributed by atoms with Gasteiger partial charge in [0.1, 0.15) is 0 Å². The van der Waals surface area contributed by atoms with Crippen LogP contribution >= 0.6 is 11.8 Å². The highest BCUT2D eigenvalue weighted by Crippen LogP contribution is 2.37. The number of benzene rings is 3. The zero-order valence-corrected chi connectivity index (χ0v) is 19.9. The zero-order chi connectivity index (χ0) is 24.8. The molecule has 8 heteroatoms. The lowest BCUT2D eigenvalue weighted by Crippen LogP contribution is -2.46. The van der Waals surface area contributed by atoms with Crippen LogP contribution < -0.4 is 10.6 Å². The van der Waals surface area contributed by atoms with Crippen molar-refractivity contribution in [2.75, 3.05) is 0 Å². The van der Waals surface area contributed by atoms with E-state index in [1.807, 2.05) is 67.7 Å². The first-order valence-corrected chi connectivity index (χ1v) is 12.1. The van der Waals surface area contributed by atoms with Gasteiger partial charge in [0.15, 0.2) is 0 Å².